The number of urea groups is 1. The molecule has 1 aliphatic rings. The van der Waals surface area contributed by atoms with E-state index < -0.39 is 11.9 Å². The lowest BCUT2D eigenvalue weighted by Gasteiger charge is -2.34. The maximum Gasteiger partial charge on any atom is 0.318 e. The van der Waals surface area contributed by atoms with E-state index in [0.29, 0.717) is 32.6 Å². The SMILES string of the molecule is COc1ccc(CC(=O)N2CCN(CC(=O)NC(N)=O)CC2)cc1. The van der Waals surface area contributed by atoms with Crippen molar-refractivity contribution in [3.8, 4) is 5.75 Å². The van der Waals surface area contributed by atoms with Crippen molar-refractivity contribution in [3.63, 3.8) is 0 Å². The third-order valence-electron chi connectivity index (χ3n) is 3.87. The summed E-state index contributed by atoms with van der Waals surface area (Å²) in [6, 6.07) is 6.56. The van der Waals surface area contributed by atoms with E-state index in [9.17, 15) is 14.4 Å². The molecule has 1 aromatic rings. The molecule has 1 saturated heterocycles. The summed E-state index contributed by atoms with van der Waals surface area (Å²) in [6.45, 7) is 2.38. The third kappa shape index (κ3) is 5.24. The number of primary amides is 1. The molecule has 0 aromatic heterocycles. The molecule has 1 fully saturated rings. The average molecular weight is 334 g/mol. The van der Waals surface area contributed by atoms with Crippen molar-refractivity contribution in [2.24, 2.45) is 5.73 Å². The highest BCUT2D eigenvalue weighted by Gasteiger charge is 2.22. The number of methoxy groups -OCH3 is 1. The van der Waals surface area contributed by atoms with E-state index in [0.717, 1.165) is 11.3 Å². The molecule has 0 aliphatic carbocycles. The average Bonchev–Trinajstić information content (AvgIpc) is 2.55. The Morgan fingerprint density at radius 2 is 1.75 bits per heavy atom. The fraction of sp³-hybridized carbons (Fsp3) is 0.438. The lowest BCUT2D eigenvalue weighted by atomic mass is 10.1. The van der Waals surface area contributed by atoms with Crippen LogP contribution in [0.25, 0.3) is 0 Å². The zero-order valence-electron chi connectivity index (χ0n) is 13.7. The molecule has 0 bridgehead atoms. The lowest BCUT2D eigenvalue weighted by molar-refractivity contribution is -0.132. The Balaban J connectivity index is 1.77. The normalized spacial score (nSPS) is 15.0. The van der Waals surface area contributed by atoms with Gasteiger partial charge in [-0.3, -0.25) is 19.8 Å². The summed E-state index contributed by atoms with van der Waals surface area (Å²) in [5.41, 5.74) is 5.84. The van der Waals surface area contributed by atoms with E-state index in [2.05, 4.69) is 0 Å². The van der Waals surface area contributed by atoms with Gasteiger partial charge >= 0.3 is 6.03 Å². The van der Waals surface area contributed by atoms with Gasteiger partial charge in [0, 0.05) is 26.2 Å². The minimum Gasteiger partial charge on any atom is -0.497 e. The molecule has 8 heteroatoms. The summed E-state index contributed by atoms with van der Waals surface area (Å²) in [7, 11) is 1.60. The molecular formula is C16H22N4O4. The zero-order chi connectivity index (χ0) is 17.5. The number of nitrogens with two attached hydrogens (primary N) is 1. The van der Waals surface area contributed by atoms with Gasteiger partial charge in [0.15, 0.2) is 0 Å². The van der Waals surface area contributed by atoms with Crippen LogP contribution in [0.5, 0.6) is 5.75 Å². The fourth-order valence-corrected chi connectivity index (χ4v) is 2.57. The number of nitrogens with zero attached hydrogens (tertiary/aromatic N) is 2. The van der Waals surface area contributed by atoms with Crippen LogP contribution in [0.4, 0.5) is 4.79 Å². The van der Waals surface area contributed by atoms with Gasteiger partial charge in [0.25, 0.3) is 0 Å². The van der Waals surface area contributed by atoms with Crippen LogP contribution in [0.2, 0.25) is 0 Å². The fourth-order valence-electron chi connectivity index (χ4n) is 2.57. The highest BCUT2D eigenvalue weighted by atomic mass is 16.5. The zero-order valence-corrected chi connectivity index (χ0v) is 13.7. The van der Waals surface area contributed by atoms with Gasteiger partial charge < -0.3 is 15.4 Å². The van der Waals surface area contributed by atoms with Crippen molar-refractivity contribution in [3.05, 3.63) is 29.8 Å². The second-order valence-electron chi connectivity index (χ2n) is 5.59. The molecule has 0 saturated carbocycles. The maximum absolute atomic E-state index is 12.3. The molecule has 0 atom stereocenters. The molecule has 0 radical (unpaired) electrons. The highest BCUT2D eigenvalue weighted by molar-refractivity contribution is 5.94. The maximum atomic E-state index is 12.3. The quantitative estimate of drug-likeness (QED) is 0.761. The first-order chi connectivity index (χ1) is 11.5. The number of ether oxygens (including phenoxy) is 1. The molecule has 0 spiro atoms. The van der Waals surface area contributed by atoms with E-state index in [-0.39, 0.29) is 12.5 Å². The van der Waals surface area contributed by atoms with Crippen molar-refractivity contribution in [1.29, 1.82) is 0 Å². The molecule has 3 N–H and O–H groups in total. The van der Waals surface area contributed by atoms with Crippen molar-refractivity contribution >= 4 is 17.8 Å². The van der Waals surface area contributed by atoms with Crippen molar-refractivity contribution < 1.29 is 19.1 Å². The molecule has 1 aliphatic heterocycles. The Labute approximate surface area is 140 Å². The standard InChI is InChI=1S/C16H22N4O4/c1-24-13-4-2-12(3-5-13)10-15(22)20-8-6-19(7-9-20)11-14(21)18-16(17)23/h2-5H,6-11H2,1H3,(H3,17,18,21,23). The van der Waals surface area contributed by atoms with Crippen LogP contribution in [-0.2, 0) is 16.0 Å². The number of piperazine rings is 1. The Morgan fingerprint density at radius 3 is 2.29 bits per heavy atom. The van der Waals surface area contributed by atoms with Crippen molar-refractivity contribution in [2.45, 2.75) is 6.42 Å². The van der Waals surface area contributed by atoms with Crippen LogP contribution in [0.3, 0.4) is 0 Å². The van der Waals surface area contributed by atoms with Gasteiger partial charge in [0.2, 0.25) is 11.8 Å². The van der Waals surface area contributed by atoms with E-state index in [1.807, 2.05) is 34.5 Å². The second-order valence-corrected chi connectivity index (χ2v) is 5.59. The van der Waals surface area contributed by atoms with Gasteiger partial charge in [0.05, 0.1) is 20.1 Å². The van der Waals surface area contributed by atoms with Crippen LogP contribution in [0, 0.1) is 0 Å². The molecule has 4 amide bonds. The minimum absolute atomic E-state index is 0.0569. The summed E-state index contributed by atoms with van der Waals surface area (Å²) in [6.07, 6.45) is 0.339. The highest BCUT2D eigenvalue weighted by Crippen LogP contribution is 2.13. The number of carbonyl (C=O) groups is 3. The van der Waals surface area contributed by atoms with Crippen molar-refractivity contribution in [2.75, 3.05) is 39.8 Å². The first-order valence-electron chi connectivity index (χ1n) is 7.70. The Morgan fingerprint density at radius 1 is 1.12 bits per heavy atom. The lowest BCUT2D eigenvalue weighted by Crippen LogP contribution is -2.52. The molecule has 130 valence electrons. The van der Waals surface area contributed by atoms with E-state index in [1.165, 1.54) is 0 Å². The molecule has 1 heterocycles. The summed E-state index contributed by atoms with van der Waals surface area (Å²) in [5, 5.41) is 2.03. The Hall–Kier alpha value is -2.61. The van der Waals surface area contributed by atoms with E-state index >= 15 is 0 Å². The van der Waals surface area contributed by atoms with Gasteiger partial charge in [-0.05, 0) is 17.7 Å². The number of rotatable bonds is 5. The number of benzene rings is 1. The van der Waals surface area contributed by atoms with Crippen LogP contribution in [-0.4, -0.2) is 67.5 Å². The first-order valence-corrected chi connectivity index (χ1v) is 7.70. The van der Waals surface area contributed by atoms with Crippen LogP contribution >= 0.6 is 0 Å². The van der Waals surface area contributed by atoms with Gasteiger partial charge in [-0.25, -0.2) is 4.79 Å². The van der Waals surface area contributed by atoms with Crippen molar-refractivity contribution in [1.82, 2.24) is 15.1 Å². The van der Waals surface area contributed by atoms with E-state index in [1.54, 1.807) is 12.0 Å². The van der Waals surface area contributed by atoms with Crippen LogP contribution in [0.1, 0.15) is 5.56 Å². The number of imide groups is 1. The molecule has 24 heavy (non-hydrogen) atoms. The largest absolute Gasteiger partial charge is 0.497 e. The molecule has 1 aromatic carbocycles. The minimum atomic E-state index is -0.853. The summed E-state index contributed by atoms with van der Waals surface area (Å²) in [5.74, 6) is 0.385. The van der Waals surface area contributed by atoms with Gasteiger partial charge in [0.1, 0.15) is 5.75 Å². The number of nitrogens with one attached hydrogen (secondary N) is 1. The summed E-state index contributed by atoms with van der Waals surface area (Å²) in [4.78, 5) is 38.1. The molecule has 8 nitrogen and oxygen atoms in total. The number of carbonyl (C=O) groups excluding carboxylic acids is 3. The smallest absolute Gasteiger partial charge is 0.318 e. The second kappa shape index (κ2) is 8.30. The van der Waals surface area contributed by atoms with E-state index in [4.69, 9.17) is 10.5 Å². The molecule has 0 unspecified atom stereocenters. The van der Waals surface area contributed by atoms with Crippen LogP contribution in [0.15, 0.2) is 24.3 Å². The van der Waals surface area contributed by atoms with Gasteiger partial charge in [-0.1, -0.05) is 12.1 Å². The molecule has 2 rings (SSSR count). The summed E-state index contributed by atoms with van der Waals surface area (Å²) < 4.78 is 5.10. The predicted octanol–water partition coefficient (Wildman–Crippen LogP) is -0.423. The summed E-state index contributed by atoms with van der Waals surface area (Å²) >= 11 is 0. The number of amides is 4. The number of hydrogen-bond donors (Lipinski definition) is 2. The Kier molecular flexibility index (Phi) is 6.14. The predicted molar refractivity (Wildman–Crippen MR) is 87.4 cm³/mol. The Bertz CT molecular complexity index is 595. The topological polar surface area (TPSA) is 105 Å². The van der Waals surface area contributed by atoms with Crippen LogP contribution < -0.4 is 15.8 Å². The van der Waals surface area contributed by atoms with Gasteiger partial charge in [-0.15, -0.1) is 0 Å². The van der Waals surface area contributed by atoms with Gasteiger partial charge in [-0.2, -0.15) is 0 Å². The number of hydrogen-bond acceptors (Lipinski definition) is 5. The first kappa shape index (κ1) is 17.7. The third-order valence-corrected chi connectivity index (χ3v) is 3.87. The molecular weight excluding hydrogens is 312 g/mol. The monoisotopic (exact) mass is 334 g/mol.